The standard InChI is InChI=1S/C6H15N/c1-4-6(2,3)5-7/h4-5,7H2,1-3H3. The molecule has 0 amide bonds. The van der Waals surface area contributed by atoms with Gasteiger partial charge in [-0.15, -0.1) is 0 Å². The van der Waals surface area contributed by atoms with E-state index in [9.17, 15) is 0 Å². The lowest BCUT2D eigenvalue weighted by Crippen LogP contribution is -2.21. The monoisotopic (exact) mass is 101 g/mol. The molecule has 0 saturated heterocycles. The van der Waals surface area contributed by atoms with Crippen molar-refractivity contribution in [2.45, 2.75) is 27.2 Å². The fourth-order valence-corrected chi connectivity index (χ4v) is 0.144. The number of hydrogen-bond acceptors (Lipinski definition) is 1. The molecule has 0 aliphatic carbocycles. The van der Waals surface area contributed by atoms with Crippen LogP contribution in [0.4, 0.5) is 0 Å². The summed E-state index contributed by atoms with van der Waals surface area (Å²) in [5.74, 6) is 0. The van der Waals surface area contributed by atoms with Crippen LogP contribution in [0.1, 0.15) is 27.2 Å². The van der Waals surface area contributed by atoms with E-state index in [1.165, 1.54) is 6.42 Å². The van der Waals surface area contributed by atoms with Crippen LogP contribution in [0.3, 0.4) is 0 Å². The molecule has 0 unspecified atom stereocenters. The van der Waals surface area contributed by atoms with Gasteiger partial charge in [0.25, 0.3) is 0 Å². The van der Waals surface area contributed by atoms with E-state index in [1.54, 1.807) is 0 Å². The van der Waals surface area contributed by atoms with E-state index in [4.69, 9.17) is 5.73 Å². The molecular formula is C6H15N. The SMILES string of the molecule is CCC(C)(C)CN. The first-order valence-electron chi connectivity index (χ1n) is 2.82. The van der Waals surface area contributed by atoms with Crippen molar-refractivity contribution < 1.29 is 0 Å². The molecule has 0 saturated carbocycles. The normalized spacial score (nSPS) is 12.0. The molecule has 0 bridgehead atoms. The Kier molecular flexibility index (Phi) is 2.30. The van der Waals surface area contributed by atoms with Crippen LogP contribution in [0.5, 0.6) is 0 Å². The molecule has 0 aromatic heterocycles. The zero-order chi connectivity index (χ0) is 5.91. The van der Waals surface area contributed by atoms with Gasteiger partial charge in [0, 0.05) is 0 Å². The van der Waals surface area contributed by atoms with Gasteiger partial charge in [-0.25, -0.2) is 0 Å². The lowest BCUT2D eigenvalue weighted by atomic mass is 9.91. The third-order valence-electron chi connectivity index (χ3n) is 1.51. The van der Waals surface area contributed by atoms with Gasteiger partial charge in [-0.2, -0.15) is 0 Å². The van der Waals surface area contributed by atoms with Crippen molar-refractivity contribution in [2.24, 2.45) is 11.1 Å². The maximum absolute atomic E-state index is 5.42. The summed E-state index contributed by atoms with van der Waals surface area (Å²) in [7, 11) is 0. The van der Waals surface area contributed by atoms with Gasteiger partial charge >= 0.3 is 0 Å². The van der Waals surface area contributed by atoms with Crippen LogP contribution in [0.15, 0.2) is 0 Å². The minimum Gasteiger partial charge on any atom is -0.330 e. The van der Waals surface area contributed by atoms with Gasteiger partial charge in [-0.1, -0.05) is 20.8 Å². The highest BCUT2D eigenvalue weighted by Gasteiger charge is 2.10. The quantitative estimate of drug-likeness (QED) is 0.558. The second-order valence-corrected chi connectivity index (χ2v) is 2.72. The van der Waals surface area contributed by atoms with Gasteiger partial charge in [0.1, 0.15) is 0 Å². The highest BCUT2D eigenvalue weighted by Crippen LogP contribution is 2.15. The number of hydrogen-bond donors (Lipinski definition) is 1. The van der Waals surface area contributed by atoms with E-state index in [-0.39, 0.29) is 0 Å². The van der Waals surface area contributed by atoms with Crippen molar-refractivity contribution in [2.75, 3.05) is 6.54 Å². The summed E-state index contributed by atoms with van der Waals surface area (Å²) in [4.78, 5) is 0. The molecule has 0 atom stereocenters. The van der Waals surface area contributed by atoms with Crippen LogP contribution in [-0.4, -0.2) is 6.54 Å². The molecule has 0 heterocycles. The highest BCUT2D eigenvalue weighted by molar-refractivity contribution is 4.65. The van der Waals surface area contributed by atoms with E-state index in [0.717, 1.165) is 6.54 Å². The maximum Gasteiger partial charge on any atom is -0.00259 e. The Balaban J connectivity index is 3.36. The van der Waals surface area contributed by atoms with E-state index in [1.807, 2.05) is 0 Å². The van der Waals surface area contributed by atoms with Gasteiger partial charge < -0.3 is 5.73 Å². The zero-order valence-electron chi connectivity index (χ0n) is 5.49. The number of rotatable bonds is 2. The Labute approximate surface area is 45.9 Å². The van der Waals surface area contributed by atoms with Crippen LogP contribution in [0.2, 0.25) is 0 Å². The van der Waals surface area contributed by atoms with Crippen molar-refractivity contribution >= 4 is 0 Å². The third-order valence-corrected chi connectivity index (χ3v) is 1.51. The van der Waals surface area contributed by atoms with E-state index >= 15 is 0 Å². The van der Waals surface area contributed by atoms with Crippen molar-refractivity contribution in [3.8, 4) is 0 Å². The fourth-order valence-electron chi connectivity index (χ4n) is 0.144. The van der Waals surface area contributed by atoms with Crippen LogP contribution >= 0.6 is 0 Å². The van der Waals surface area contributed by atoms with E-state index in [0.29, 0.717) is 5.41 Å². The zero-order valence-corrected chi connectivity index (χ0v) is 5.49. The van der Waals surface area contributed by atoms with Gasteiger partial charge in [0.15, 0.2) is 0 Å². The van der Waals surface area contributed by atoms with Crippen molar-refractivity contribution in [3.05, 3.63) is 0 Å². The van der Waals surface area contributed by atoms with Crippen LogP contribution in [0, 0.1) is 5.41 Å². The maximum atomic E-state index is 5.42. The lowest BCUT2D eigenvalue weighted by molar-refractivity contribution is 0.365. The van der Waals surface area contributed by atoms with Gasteiger partial charge in [-0.3, -0.25) is 0 Å². The molecule has 44 valence electrons. The molecule has 0 aliphatic heterocycles. The second-order valence-electron chi connectivity index (χ2n) is 2.72. The average Bonchev–Trinajstić information content (AvgIpc) is 1.68. The number of nitrogens with two attached hydrogens (primary N) is 1. The van der Waals surface area contributed by atoms with E-state index in [2.05, 4.69) is 20.8 Å². The van der Waals surface area contributed by atoms with Crippen LogP contribution in [-0.2, 0) is 0 Å². The van der Waals surface area contributed by atoms with E-state index < -0.39 is 0 Å². The molecular weight excluding hydrogens is 86.1 g/mol. The van der Waals surface area contributed by atoms with Crippen LogP contribution in [0.25, 0.3) is 0 Å². The average molecular weight is 101 g/mol. The molecule has 0 aromatic rings. The summed E-state index contributed by atoms with van der Waals surface area (Å²) in [6.07, 6.45) is 1.17. The van der Waals surface area contributed by atoms with Gasteiger partial charge in [0.05, 0.1) is 0 Å². The summed E-state index contributed by atoms with van der Waals surface area (Å²) >= 11 is 0. The molecule has 7 heavy (non-hydrogen) atoms. The molecule has 0 radical (unpaired) electrons. The van der Waals surface area contributed by atoms with Gasteiger partial charge in [-0.05, 0) is 18.4 Å². The smallest absolute Gasteiger partial charge is 0.00259 e. The lowest BCUT2D eigenvalue weighted by Gasteiger charge is -2.18. The Morgan fingerprint density at radius 3 is 1.86 bits per heavy atom. The summed E-state index contributed by atoms with van der Waals surface area (Å²) < 4.78 is 0. The molecule has 0 fully saturated rings. The van der Waals surface area contributed by atoms with Crippen LogP contribution < -0.4 is 5.73 Å². The topological polar surface area (TPSA) is 26.0 Å². The molecule has 0 rings (SSSR count). The Morgan fingerprint density at radius 1 is 1.43 bits per heavy atom. The van der Waals surface area contributed by atoms with Crippen molar-refractivity contribution in [3.63, 3.8) is 0 Å². The van der Waals surface area contributed by atoms with Crippen molar-refractivity contribution in [1.29, 1.82) is 0 Å². The minimum atomic E-state index is 0.361. The van der Waals surface area contributed by atoms with Crippen molar-refractivity contribution in [1.82, 2.24) is 0 Å². The molecule has 0 aliphatic rings. The molecule has 0 spiro atoms. The fraction of sp³-hybridized carbons (Fsp3) is 1.00. The first-order valence-corrected chi connectivity index (χ1v) is 2.82. The Bertz CT molecular complexity index is 42.1. The predicted octanol–water partition coefficient (Wildman–Crippen LogP) is 1.38. The minimum absolute atomic E-state index is 0.361. The molecule has 0 aromatic carbocycles. The molecule has 1 nitrogen and oxygen atoms in total. The highest BCUT2D eigenvalue weighted by atomic mass is 14.6. The predicted molar refractivity (Wildman–Crippen MR) is 33.1 cm³/mol. The summed E-state index contributed by atoms with van der Waals surface area (Å²) in [5, 5.41) is 0. The summed E-state index contributed by atoms with van der Waals surface area (Å²) in [5.41, 5.74) is 5.78. The Hall–Kier alpha value is -0.0400. The summed E-state index contributed by atoms with van der Waals surface area (Å²) in [6, 6.07) is 0. The first-order chi connectivity index (χ1) is 3.12. The largest absolute Gasteiger partial charge is 0.330 e. The Morgan fingerprint density at radius 2 is 1.86 bits per heavy atom. The molecule has 2 N–H and O–H groups in total. The first kappa shape index (κ1) is 6.96. The molecule has 1 heteroatoms. The van der Waals surface area contributed by atoms with Gasteiger partial charge in [0.2, 0.25) is 0 Å². The second kappa shape index (κ2) is 2.31. The third kappa shape index (κ3) is 2.63. The summed E-state index contributed by atoms with van der Waals surface area (Å²) in [6.45, 7) is 7.30.